The SMILES string of the molecule is CCCC(O)C(=O)OC(=O)/C=C\C(=O)O. The molecule has 0 aromatic rings. The van der Waals surface area contributed by atoms with Crippen molar-refractivity contribution in [2.75, 3.05) is 0 Å². The molecule has 15 heavy (non-hydrogen) atoms. The van der Waals surface area contributed by atoms with Crippen molar-refractivity contribution < 1.29 is 29.3 Å². The van der Waals surface area contributed by atoms with Crippen LogP contribution in [-0.2, 0) is 19.1 Å². The summed E-state index contributed by atoms with van der Waals surface area (Å²) in [7, 11) is 0. The van der Waals surface area contributed by atoms with E-state index in [0.29, 0.717) is 18.6 Å². The Balaban J connectivity index is 4.07. The average Bonchev–Trinajstić information content (AvgIpc) is 2.15. The molecule has 0 saturated heterocycles. The molecule has 0 rings (SSSR count). The van der Waals surface area contributed by atoms with Gasteiger partial charge in [-0.2, -0.15) is 0 Å². The fourth-order valence-electron chi connectivity index (χ4n) is 0.732. The van der Waals surface area contributed by atoms with Crippen LogP contribution < -0.4 is 0 Å². The molecule has 0 radical (unpaired) electrons. The van der Waals surface area contributed by atoms with E-state index in [1.54, 1.807) is 6.92 Å². The van der Waals surface area contributed by atoms with Crippen LogP contribution in [0.2, 0.25) is 0 Å². The molecule has 0 aliphatic carbocycles. The lowest BCUT2D eigenvalue weighted by Crippen LogP contribution is -2.24. The molecule has 0 aromatic carbocycles. The molecule has 1 atom stereocenters. The van der Waals surface area contributed by atoms with Gasteiger partial charge in [-0.15, -0.1) is 0 Å². The summed E-state index contributed by atoms with van der Waals surface area (Å²) in [4.78, 5) is 31.7. The fraction of sp³-hybridized carbons (Fsp3) is 0.444. The molecular formula is C9H12O6. The van der Waals surface area contributed by atoms with E-state index < -0.39 is 24.0 Å². The zero-order valence-corrected chi connectivity index (χ0v) is 8.17. The van der Waals surface area contributed by atoms with Crippen LogP contribution in [0, 0.1) is 0 Å². The number of carboxylic acids is 1. The molecule has 0 bridgehead atoms. The van der Waals surface area contributed by atoms with Crippen LogP contribution in [0.15, 0.2) is 12.2 Å². The second-order valence-corrected chi connectivity index (χ2v) is 2.72. The quantitative estimate of drug-likeness (QED) is 0.377. The Labute approximate surface area is 86.2 Å². The third-order valence-corrected chi connectivity index (χ3v) is 1.40. The van der Waals surface area contributed by atoms with Crippen LogP contribution in [0.5, 0.6) is 0 Å². The highest BCUT2D eigenvalue weighted by Gasteiger charge is 2.17. The summed E-state index contributed by atoms with van der Waals surface area (Å²) < 4.78 is 4.14. The number of carboxylic acid groups (broad SMARTS) is 1. The first-order valence-corrected chi connectivity index (χ1v) is 4.32. The summed E-state index contributed by atoms with van der Waals surface area (Å²) in [6.45, 7) is 1.75. The van der Waals surface area contributed by atoms with Gasteiger partial charge in [0, 0.05) is 12.2 Å². The molecule has 0 aliphatic rings. The van der Waals surface area contributed by atoms with E-state index in [9.17, 15) is 14.4 Å². The monoisotopic (exact) mass is 216 g/mol. The maximum atomic E-state index is 10.9. The summed E-state index contributed by atoms with van der Waals surface area (Å²) >= 11 is 0. The molecular weight excluding hydrogens is 204 g/mol. The minimum atomic E-state index is -1.35. The van der Waals surface area contributed by atoms with Gasteiger partial charge >= 0.3 is 17.9 Å². The molecule has 0 fully saturated rings. The number of hydrogen-bond donors (Lipinski definition) is 2. The maximum Gasteiger partial charge on any atom is 0.342 e. The Bertz CT molecular complexity index is 280. The lowest BCUT2D eigenvalue weighted by molar-refractivity contribution is -0.163. The van der Waals surface area contributed by atoms with Gasteiger partial charge in [-0.25, -0.2) is 14.4 Å². The van der Waals surface area contributed by atoms with Crippen molar-refractivity contribution in [3.05, 3.63) is 12.2 Å². The number of rotatable bonds is 5. The Morgan fingerprint density at radius 2 is 1.93 bits per heavy atom. The molecule has 2 N–H and O–H groups in total. The molecule has 6 heteroatoms. The first-order chi connectivity index (χ1) is 6.97. The number of aliphatic hydroxyl groups excluding tert-OH is 1. The topological polar surface area (TPSA) is 101 Å². The summed E-state index contributed by atoms with van der Waals surface area (Å²) in [6, 6.07) is 0. The Kier molecular flexibility index (Phi) is 5.96. The van der Waals surface area contributed by atoms with Gasteiger partial charge < -0.3 is 14.9 Å². The lowest BCUT2D eigenvalue weighted by atomic mass is 10.2. The first kappa shape index (κ1) is 13.3. The minimum Gasteiger partial charge on any atom is -0.478 e. The summed E-state index contributed by atoms with van der Waals surface area (Å²) in [6.07, 6.45) is 0.544. The van der Waals surface area contributed by atoms with Crippen LogP contribution in [0.4, 0.5) is 0 Å². The van der Waals surface area contributed by atoms with E-state index in [1.165, 1.54) is 0 Å². The van der Waals surface area contributed by atoms with Crippen LogP contribution in [0.1, 0.15) is 19.8 Å². The molecule has 0 saturated carbocycles. The second-order valence-electron chi connectivity index (χ2n) is 2.72. The van der Waals surface area contributed by atoms with E-state index in [1.807, 2.05) is 0 Å². The summed E-state index contributed by atoms with van der Waals surface area (Å²) in [5.74, 6) is -3.51. The smallest absolute Gasteiger partial charge is 0.342 e. The Morgan fingerprint density at radius 1 is 1.33 bits per heavy atom. The summed E-state index contributed by atoms with van der Waals surface area (Å²) in [5, 5.41) is 17.2. The maximum absolute atomic E-state index is 10.9. The number of aliphatic carboxylic acids is 1. The molecule has 6 nitrogen and oxygen atoms in total. The third-order valence-electron chi connectivity index (χ3n) is 1.40. The van der Waals surface area contributed by atoms with Gasteiger partial charge in [0.25, 0.3) is 0 Å². The molecule has 1 unspecified atom stereocenters. The largest absolute Gasteiger partial charge is 0.478 e. The number of carbonyl (C=O) groups is 3. The summed E-state index contributed by atoms with van der Waals surface area (Å²) in [5.41, 5.74) is 0. The highest BCUT2D eigenvalue weighted by Crippen LogP contribution is 1.99. The van der Waals surface area contributed by atoms with Crippen LogP contribution >= 0.6 is 0 Å². The van der Waals surface area contributed by atoms with Gasteiger partial charge in [-0.3, -0.25) is 0 Å². The van der Waals surface area contributed by atoms with Crippen molar-refractivity contribution in [1.82, 2.24) is 0 Å². The van der Waals surface area contributed by atoms with Gasteiger partial charge in [-0.05, 0) is 6.42 Å². The standard InChI is InChI=1S/C9H12O6/c1-2-3-6(10)9(14)15-8(13)5-4-7(11)12/h4-6,10H,2-3H2,1H3,(H,11,12)/b5-4-. The predicted octanol–water partition coefficient (Wildman–Crippen LogP) is -0.142. The molecule has 0 aromatic heterocycles. The van der Waals surface area contributed by atoms with Crippen LogP contribution in [0.3, 0.4) is 0 Å². The van der Waals surface area contributed by atoms with Crippen molar-refractivity contribution in [3.8, 4) is 0 Å². The number of carbonyl (C=O) groups excluding carboxylic acids is 2. The minimum absolute atomic E-state index is 0.189. The van der Waals surface area contributed by atoms with Crippen LogP contribution in [0.25, 0.3) is 0 Å². The van der Waals surface area contributed by atoms with Gasteiger partial charge in [0.1, 0.15) is 0 Å². The molecule has 84 valence electrons. The average molecular weight is 216 g/mol. The lowest BCUT2D eigenvalue weighted by Gasteiger charge is -2.05. The zero-order chi connectivity index (χ0) is 11.8. The molecule has 0 amide bonds. The Morgan fingerprint density at radius 3 is 2.40 bits per heavy atom. The van der Waals surface area contributed by atoms with Crippen molar-refractivity contribution in [2.45, 2.75) is 25.9 Å². The van der Waals surface area contributed by atoms with Gasteiger partial charge in [0.2, 0.25) is 0 Å². The van der Waals surface area contributed by atoms with Gasteiger partial charge in [-0.1, -0.05) is 13.3 Å². The van der Waals surface area contributed by atoms with Crippen molar-refractivity contribution in [2.24, 2.45) is 0 Å². The molecule has 0 heterocycles. The first-order valence-electron chi connectivity index (χ1n) is 4.32. The van der Waals surface area contributed by atoms with E-state index in [-0.39, 0.29) is 6.42 Å². The van der Waals surface area contributed by atoms with Gasteiger partial charge in [0.15, 0.2) is 6.10 Å². The van der Waals surface area contributed by atoms with Gasteiger partial charge in [0.05, 0.1) is 0 Å². The van der Waals surface area contributed by atoms with Crippen molar-refractivity contribution >= 4 is 17.9 Å². The van der Waals surface area contributed by atoms with E-state index in [2.05, 4.69) is 4.74 Å². The fourth-order valence-corrected chi connectivity index (χ4v) is 0.732. The van der Waals surface area contributed by atoms with Crippen molar-refractivity contribution in [1.29, 1.82) is 0 Å². The number of ether oxygens (including phenoxy) is 1. The molecule has 0 aliphatic heterocycles. The normalized spacial score (nSPS) is 12.4. The predicted molar refractivity (Wildman–Crippen MR) is 48.8 cm³/mol. The van der Waals surface area contributed by atoms with E-state index in [4.69, 9.17) is 10.2 Å². The number of aliphatic hydroxyl groups is 1. The zero-order valence-electron chi connectivity index (χ0n) is 8.17. The number of esters is 2. The van der Waals surface area contributed by atoms with Crippen molar-refractivity contribution in [3.63, 3.8) is 0 Å². The highest BCUT2D eigenvalue weighted by atomic mass is 16.6. The third kappa shape index (κ3) is 6.39. The Hall–Kier alpha value is -1.69. The van der Waals surface area contributed by atoms with E-state index in [0.717, 1.165) is 0 Å². The van der Waals surface area contributed by atoms with E-state index >= 15 is 0 Å². The highest BCUT2D eigenvalue weighted by molar-refractivity contribution is 5.96. The second kappa shape index (κ2) is 6.72. The number of hydrogen-bond acceptors (Lipinski definition) is 5. The molecule has 0 spiro atoms. The van der Waals surface area contributed by atoms with Crippen LogP contribution in [-0.4, -0.2) is 34.2 Å².